The molecule has 0 aliphatic heterocycles. The second kappa shape index (κ2) is 7.93. The van der Waals surface area contributed by atoms with Crippen LogP contribution in [0, 0.1) is 0 Å². The summed E-state index contributed by atoms with van der Waals surface area (Å²) >= 11 is 0. The molecule has 0 saturated carbocycles. The molecule has 0 aliphatic carbocycles. The van der Waals surface area contributed by atoms with Crippen LogP contribution < -0.4 is 0 Å². The minimum absolute atomic E-state index is 0.182. The number of unbranched alkanes of at least 4 members (excludes halogenated alkanes) is 1. The third kappa shape index (κ3) is 5.37. The van der Waals surface area contributed by atoms with Crippen molar-refractivity contribution in [1.82, 2.24) is 0 Å². The predicted octanol–water partition coefficient (Wildman–Crippen LogP) is 4.13. The first kappa shape index (κ1) is 14.8. The normalized spacial score (nSPS) is 13.6. The van der Waals surface area contributed by atoms with E-state index in [9.17, 15) is 10.2 Å². The molecule has 2 heteroatoms. The topological polar surface area (TPSA) is 40.5 Å². The van der Waals surface area contributed by atoms with Crippen molar-refractivity contribution in [3.05, 3.63) is 35.9 Å². The fourth-order valence-electron chi connectivity index (χ4n) is 1.95. The van der Waals surface area contributed by atoms with Crippen molar-refractivity contribution in [2.45, 2.75) is 52.1 Å². The summed E-state index contributed by atoms with van der Waals surface area (Å²) in [7, 11) is 0. The molecule has 0 fully saturated rings. The molecule has 0 amide bonds. The van der Waals surface area contributed by atoms with Crippen LogP contribution in [-0.4, -0.2) is 16.3 Å². The maximum absolute atomic E-state index is 9.74. The van der Waals surface area contributed by atoms with Gasteiger partial charge in [0.05, 0.1) is 6.10 Å². The van der Waals surface area contributed by atoms with Crippen LogP contribution in [0.1, 0.15) is 51.5 Å². The highest BCUT2D eigenvalue weighted by Gasteiger charge is 2.02. The second-order valence-corrected chi connectivity index (χ2v) is 4.81. The van der Waals surface area contributed by atoms with Crippen molar-refractivity contribution in [3.8, 4) is 5.75 Å². The van der Waals surface area contributed by atoms with Crippen molar-refractivity contribution in [3.63, 3.8) is 0 Å². The highest BCUT2D eigenvalue weighted by Crippen LogP contribution is 2.20. The van der Waals surface area contributed by atoms with E-state index in [-0.39, 0.29) is 6.10 Å². The van der Waals surface area contributed by atoms with Gasteiger partial charge < -0.3 is 10.2 Å². The molecule has 1 unspecified atom stereocenters. The molecule has 0 aromatic heterocycles. The zero-order chi connectivity index (χ0) is 13.4. The van der Waals surface area contributed by atoms with Crippen molar-refractivity contribution in [2.24, 2.45) is 0 Å². The van der Waals surface area contributed by atoms with Gasteiger partial charge in [-0.2, -0.15) is 0 Å². The molecule has 2 N–H and O–H groups in total. The highest BCUT2D eigenvalue weighted by atomic mass is 16.3. The maximum Gasteiger partial charge on any atom is 0.116 e. The summed E-state index contributed by atoms with van der Waals surface area (Å²) in [4.78, 5) is 0. The number of hydrogen-bond donors (Lipinski definition) is 2. The number of rotatable bonds is 7. The van der Waals surface area contributed by atoms with Crippen LogP contribution in [0.4, 0.5) is 0 Å². The number of hydrogen-bond acceptors (Lipinski definition) is 2. The number of aliphatic hydroxyl groups is 1. The molecule has 0 saturated heterocycles. The minimum Gasteiger partial charge on any atom is -0.508 e. The van der Waals surface area contributed by atoms with Gasteiger partial charge in [-0.15, -0.1) is 0 Å². The molecule has 0 radical (unpaired) electrons. The number of aliphatic hydroxyl groups excluding tert-OH is 1. The van der Waals surface area contributed by atoms with E-state index in [4.69, 9.17) is 0 Å². The first-order valence-corrected chi connectivity index (χ1v) is 6.77. The van der Waals surface area contributed by atoms with E-state index in [0.717, 1.165) is 43.2 Å². The lowest BCUT2D eigenvalue weighted by molar-refractivity contribution is 0.153. The van der Waals surface area contributed by atoms with Gasteiger partial charge in [-0.25, -0.2) is 0 Å². The fraction of sp³-hybridized carbons (Fsp3) is 0.500. The van der Waals surface area contributed by atoms with E-state index >= 15 is 0 Å². The first-order valence-electron chi connectivity index (χ1n) is 6.77. The largest absolute Gasteiger partial charge is 0.508 e. The summed E-state index contributed by atoms with van der Waals surface area (Å²) < 4.78 is 0. The first-order chi connectivity index (χ1) is 8.63. The zero-order valence-corrected chi connectivity index (χ0v) is 11.4. The molecule has 1 aromatic rings. The highest BCUT2D eigenvalue weighted by molar-refractivity contribution is 5.64. The van der Waals surface area contributed by atoms with E-state index in [1.54, 1.807) is 12.1 Å². The molecule has 100 valence electrons. The second-order valence-electron chi connectivity index (χ2n) is 4.81. The van der Waals surface area contributed by atoms with Crippen LogP contribution in [0.5, 0.6) is 5.75 Å². The van der Waals surface area contributed by atoms with Crippen LogP contribution in [-0.2, 0) is 0 Å². The monoisotopic (exact) mass is 248 g/mol. The molecule has 0 bridgehead atoms. The molecular weight excluding hydrogens is 224 g/mol. The lowest BCUT2D eigenvalue weighted by atomic mass is 10.0. The number of phenols is 1. The van der Waals surface area contributed by atoms with Crippen molar-refractivity contribution in [2.75, 3.05) is 0 Å². The van der Waals surface area contributed by atoms with Gasteiger partial charge in [-0.05, 0) is 49.5 Å². The van der Waals surface area contributed by atoms with E-state index in [0.29, 0.717) is 5.75 Å². The van der Waals surface area contributed by atoms with Gasteiger partial charge in [0.1, 0.15) is 5.75 Å². The van der Waals surface area contributed by atoms with Crippen LogP contribution in [0.3, 0.4) is 0 Å². The van der Waals surface area contributed by atoms with Crippen LogP contribution in [0.2, 0.25) is 0 Å². The summed E-state index contributed by atoms with van der Waals surface area (Å²) in [5.41, 5.74) is 2.19. The molecule has 18 heavy (non-hydrogen) atoms. The Kier molecular flexibility index (Phi) is 6.51. The average molecular weight is 248 g/mol. The Hall–Kier alpha value is -1.28. The van der Waals surface area contributed by atoms with E-state index in [1.165, 1.54) is 0 Å². The Morgan fingerprint density at radius 2 is 2.11 bits per heavy atom. The summed E-state index contributed by atoms with van der Waals surface area (Å²) in [6, 6.07) is 7.27. The SMILES string of the molecule is CCCCC(O)CC/C=C(/C)c1cccc(O)c1. The van der Waals surface area contributed by atoms with Gasteiger partial charge in [0.2, 0.25) is 0 Å². The van der Waals surface area contributed by atoms with Gasteiger partial charge >= 0.3 is 0 Å². The molecule has 1 rings (SSSR count). The van der Waals surface area contributed by atoms with E-state index in [2.05, 4.69) is 13.0 Å². The van der Waals surface area contributed by atoms with Gasteiger partial charge in [0, 0.05) is 0 Å². The average Bonchev–Trinajstić information content (AvgIpc) is 2.36. The number of phenolic OH excluding ortho intramolecular Hbond substituents is 1. The Morgan fingerprint density at radius 1 is 1.33 bits per heavy atom. The molecule has 0 aliphatic rings. The Labute approximate surface area is 110 Å². The molecule has 1 atom stereocenters. The van der Waals surface area contributed by atoms with E-state index < -0.39 is 0 Å². The lowest BCUT2D eigenvalue weighted by Crippen LogP contribution is -2.05. The molecule has 1 aromatic carbocycles. The molecule has 0 heterocycles. The Morgan fingerprint density at radius 3 is 2.78 bits per heavy atom. The smallest absolute Gasteiger partial charge is 0.116 e. The van der Waals surface area contributed by atoms with Crippen LogP contribution >= 0.6 is 0 Å². The quantitative estimate of drug-likeness (QED) is 0.761. The third-order valence-corrected chi connectivity index (χ3v) is 3.14. The fourth-order valence-corrected chi connectivity index (χ4v) is 1.95. The summed E-state index contributed by atoms with van der Waals surface area (Å²) in [6.45, 7) is 4.17. The van der Waals surface area contributed by atoms with Crippen LogP contribution in [0.15, 0.2) is 30.3 Å². The standard InChI is InChI=1S/C16H24O2/c1-3-4-9-15(17)10-5-7-13(2)14-8-6-11-16(18)12-14/h6-8,11-12,15,17-18H,3-5,9-10H2,1-2H3/b13-7-. The number of allylic oxidation sites excluding steroid dienone is 2. The Bertz CT molecular complexity index is 382. The van der Waals surface area contributed by atoms with Gasteiger partial charge in [-0.3, -0.25) is 0 Å². The van der Waals surface area contributed by atoms with Gasteiger partial charge in [-0.1, -0.05) is 38.0 Å². The predicted molar refractivity (Wildman–Crippen MR) is 76.5 cm³/mol. The summed E-state index contributed by atoms with van der Waals surface area (Å²) in [5, 5.41) is 19.1. The Balaban J connectivity index is 2.42. The minimum atomic E-state index is -0.182. The number of benzene rings is 1. The molecular formula is C16H24O2. The van der Waals surface area contributed by atoms with Gasteiger partial charge in [0.15, 0.2) is 0 Å². The third-order valence-electron chi connectivity index (χ3n) is 3.14. The van der Waals surface area contributed by atoms with Crippen molar-refractivity contribution < 1.29 is 10.2 Å². The van der Waals surface area contributed by atoms with Crippen molar-refractivity contribution in [1.29, 1.82) is 0 Å². The maximum atomic E-state index is 9.74. The van der Waals surface area contributed by atoms with E-state index in [1.807, 2.05) is 19.1 Å². The van der Waals surface area contributed by atoms with Gasteiger partial charge in [0.25, 0.3) is 0 Å². The summed E-state index contributed by atoms with van der Waals surface area (Å²) in [6.07, 6.45) is 6.77. The molecule has 0 spiro atoms. The van der Waals surface area contributed by atoms with Crippen molar-refractivity contribution >= 4 is 5.57 Å². The zero-order valence-electron chi connectivity index (χ0n) is 11.4. The summed E-state index contributed by atoms with van der Waals surface area (Å²) in [5.74, 6) is 0.295. The van der Waals surface area contributed by atoms with Crippen LogP contribution in [0.25, 0.3) is 5.57 Å². The molecule has 2 nitrogen and oxygen atoms in total. The number of aromatic hydroxyl groups is 1. The lowest BCUT2D eigenvalue weighted by Gasteiger charge is -2.08.